The van der Waals surface area contributed by atoms with Gasteiger partial charge in [0.1, 0.15) is 0 Å². The molecule has 0 saturated heterocycles. The number of rotatable bonds is 2. The molecule has 0 fully saturated rings. The van der Waals surface area contributed by atoms with Crippen molar-refractivity contribution in [1.29, 1.82) is 0 Å². The molecule has 0 bridgehead atoms. The number of benzene rings is 1. The Morgan fingerprint density at radius 2 is 1.93 bits per heavy atom. The van der Waals surface area contributed by atoms with Crippen LogP contribution in [0, 0.1) is 0 Å². The number of imidazole rings is 1. The summed E-state index contributed by atoms with van der Waals surface area (Å²) in [5.74, 6) is -0.821. The second-order valence-electron chi connectivity index (χ2n) is 7.20. The molecule has 5 heterocycles. The van der Waals surface area contributed by atoms with Crippen LogP contribution in [0.4, 0.5) is 0 Å². The van der Waals surface area contributed by atoms with E-state index in [0.29, 0.717) is 22.5 Å². The van der Waals surface area contributed by atoms with E-state index >= 15 is 0 Å². The van der Waals surface area contributed by atoms with Crippen LogP contribution in [0.15, 0.2) is 48.9 Å². The molecule has 2 aliphatic rings. The lowest BCUT2D eigenvalue weighted by Crippen LogP contribution is -2.23. The van der Waals surface area contributed by atoms with E-state index in [-0.39, 0.29) is 0 Å². The summed E-state index contributed by atoms with van der Waals surface area (Å²) in [7, 11) is 0. The summed E-state index contributed by atoms with van der Waals surface area (Å²) in [6, 6.07) is 9.67. The molecular formula is C21H16N6O2. The van der Waals surface area contributed by atoms with Crippen LogP contribution in [0.2, 0.25) is 0 Å². The molecule has 8 heteroatoms. The van der Waals surface area contributed by atoms with E-state index in [4.69, 9.17) is 0 Å². The Hall–Kier alpha value is -3.78. The van der Waals surface area contributed by atoms with Crippen LogP contribution < -0.4 is 10.6 Å². The molecule has 0 atom stereocenters. The Morgan fingerprint density at radius 1 is 1.03 bits per heavy atom. The molecule has 1 aromatic carbocycles. The Kier molecular flexibility index (Phi) is 3.27. The van der Waals surface area contributed by atoms with Gasteiger partial charge in [-0.25, -0.2) is 9.50 Å². The smallest absolute Gasteiger partial charge is 0.261 e. The summed E-state index contributed by atoms with van der Waals surface area (Å²) in [5, 5.41) is 11.1. The van der Waals surface area contributed by atoms with Crippen molar-refractivity contribution < 1.29 is 9.59 Å². The normalized spacial score (nSPS) is 16.7. The lowest BCUT2D eigenvalue weighted by atomic mass is 9.98. The van der Waals surface area contributed by atoms with Gasteiger partial charge < -0.3 is 9.88 Å². The van der Waals surface area contributed by atoms with E-state index in [2.05, 4.69) is 31.3 Å². The van der Waals surface area contributed by atoms with Crippen molar-refractivity contribution >= 4 is 39.5 Å². The van der Waals surface area contributed by atoms with E-state index in [1.165, 1.54) is 5.56 Å². The first-order valence-electron chi connectivity index (χ1n) is 9.43. The molecule has 6 rings (SSSR count). The largest absolute Gasteiger partial charge is 0.345 e. The average Bonchev–Trinajstić information content (AvgIpc) is 3.33. The molecule has 2 amide bonds. The van der Waals surface area contributed by atoms with Crippen LogP contribution in [0.3, 0.4) is 0 Å². The van der Waals surface area contributed by atoms with E-state index in [9.17, 15) is 9.59 Å². The Labute approximate surface area is 164 Å². The average molecular weight is 384 g/mol. The molecule has 0 spiro atoms. The van der Waals surface area contributed by atoms with Crippen LogP contribution >= 0.6 is 0 Å². The van der Waals surface area contributed by atoms with Gasteiger partial charge in [-0.05, 0) is 17.7 Å². The highest BCUT2D eigenvalue weighted by Gasteiger charge is 2.36. The first kappa shape index (κ1) is 16.2. The lowest BCUT2D eigenvalue weighted by Gasteiger charge is -2.05. The van der Waals surface area contributed by atoms with Gasteiger partial charge in [0.15, 0.2) is 5.65 Å². The number of amides is 2. The molecule has 8 nitrogen and oxygen atoms in total. The highest BCUT2D eigenvalue weighted by molar-refractivity contribution is 6.49. The van der Waals surface area contributed by atoms with Gasteiger partial charge in [0.25, 0.3) is 11.8 Å². The summed E-state index contributed by atoms with van der Waals surface area (Å²) in [6.45, 7) is 2.41. The van der Waals surface area contributed by atoms with Gasteiger partial charge in [-0.3, -0.25) is 14.9 Å². The maximum Gasteiger partial charge on any atom is 0.261 e. The number of nitrogens with one attached hydrogen (secondary N) is 2. The van der Waals surface area contributed by atoms with Crippen molar-refractivity contribution in [3.63, 3.8) is 0 Å². The number of carbonyl (C=O) groups excluding carboxylic acids is 2. The Morgan fingerprint density at radius 3 is 2.86 bits per heavy atom. The molecule has 0 radical (unpaired) electrons. The third kappa shape index (κ3) is 2.23. The molecule has 4 aromatic rings. The molecule has 2 N–H and O–H groups in total. The predicted molar refractivity (Wildman–Crippen MR) is 107 cm³/mol. The van der Waals surface area contributed by atoms with Crippen LogP contribution in [0.1, 0.15) is 16.8 Å². The van der Waals surface area contributed by atoms with Gasteiger partial charge in [-0.15, -0.1) is 0 Å². The van der Waals surface area contributed by atoms with Gasteiger partial charge >= 0.3 is 0 Å². The van der Waals surface area contributed by atoms with Crippen LogP contribution in [0.5, 0.6) is 0 Å². The third-order valence-corrected chi connectivity index (χ3v) is 5.56. The molecule has 142 valence electrons. The lowest BCUT2D eigenvalue weighted by molar-refractivity contribution is -0.122. The Bertz CT molecular complexity index is 1380. The first-order valence-corrected chi connectivity index (χ1v) is 9.43. The van der Waals surface area contributed by atoms with Gasteiger partial charge in [0.05, 0.1) is 28.6 Å². The molecule has 29 heavy (non-hydrogen) atoms. The van der Waals surface area contributed by atoms with E-state index in [1.54, 1.807) is 23.0 Å². The minimum Gasteiger partial charge on any atom is -0.345 e. The number of hydrogen-bond acceptors (Lipinski definition) is 5. The number of imide groups is 1. The van der Waals surface area contributed by atoms with Crippen molar-refractivity contribution in [2.24, 2.45) is 0 Å². The topological polar surface area (TPSA) is 93.3 Å². The summed E-state index contributed by atoms with van der Waals surface area (Å²) in [6.07, 6.45) is 5.20. The second kappa shape index (κ2) is 5.86. The highest BCUT2D eigenvalue weighted by Crippen LogP contribution is 2.37. The fourth-order valence-electron chi connectivity index (χ4n) is 4.33. The zero-order valence-corrected chi connectivity index (χ0v) is 15.3. The van der Waals surface area contributed by atoms with E-state index in [0.717, 1.165) is 36.1 Å². The van der Waals surface area contributed by atoms with Crippen molar-refractivity contribution in [3.8, 4) is 0 Å². The second-order valence-corrected chi connectivity index (χ2v) is 7.20. The van der Waals surface area contributed by atoms with Gasteiger partial charge in [-0.1, -0.05) is 18.2 Å². The van der Waals surface area contributed by atoms with Gasteiger partial charge in [0.2, 0.25) is 0 Å². The van der Waals surface area contributed by atoms with Gasteiger partial charge in [-0.2, -0.15) is 5.10 Å². The minimum atomic E-state index is -0.428. The minimum absolute atomic E-state index is 0.306. The van der Waals surface area contributed by atoms with Crippen molar-refractivity contribution in [1.82, 2.24) is 29.8 Å². The molecule has 0 saturated carbocycles. The zero-order chi connectivity index (χ0) is 19.5. The monoisotopic (exact) mass is 384 g/mol. The molecular weight excluding hydrogens is 368 g/mol. The van der Waals surface area contributed by atoms with Crippen LogP contribution in [-0.4, -0.2) is 37.5 Å². The number of aromatic nitrogens is 4. The highest BCUT2D eigenvalue weighted by atomic mass is 16.2. The quantitative estimate of drug-likeness (QED) is 0.509. The summed E-state index contributed by atoms with van der Waals surface area (Å²) >= 11 is 0. The van der Waals surface area contributed by atoms with E-state index in [1.807, 2.05) is 24.4 Å². The fraction of sp³-hybridized carbons (Fsp3) is 0.143. The summed E-state index contributed by atoms with van der Waals surface area (Å²) < 4.78 is 3.75. The summed E-state index contributed by atoms with van der Waals surface area (Å²) in [5.41, 5.74) is 4.83. The zero-order valence-electron chi connectivity index (χ0n) is 15.3. The number of carbonyl (C=O) groups is 2. The Balaban J connectivity index is 1.68. The van der Waals surface area contributed by atoms with Crippen molar-refractivity contribution in [2.45, 2.75) is 13.1 Å². The number of fused-ring (bicyclic) bond motifs is 1. The molecule has 0 unspecified atom stereocenters. The van der Waals surface area contributed by atoms with Crippen molar-refractivity contribution in [2.75, 3.05) is 6.54 Å². The number of hydrogen-bond donors (Lipinski definition) is 2. The number of para-hydroxylation sites is 1. The van der Waals surface area contributed by atoms with E-state index < -0.39 is 11.8 Å². The maximum atomic E-state index is 12.9. The van der Waals surface area contributed by atoms with Crippen LogP contribution in [-0.2, 0) is 22.7 Å². The molecule has 3 aromatic heterocycles. The fourth-order valence-corrected chi connectivity index (χ4v) is 4.33. The molecule has 2 aliphatic heterocycles. The SMILES string of the molecule is O=C1NC(=O)C(c2cnc3cccnn23)=C1c1cn2c3c(cccc13)CNCC2. The number of nitrogens with zero attached hydrogens (tertiary/aromatic N) is 4. The predicted octanol–water partition coefficient (Wildman–Crippen LogP) is 1.35. The standard InChI is InChI=1S/C21H16N6O2/c28-20-17(14-11-26-8-7-22-9-12-3-1-4-13(14)19(12)26)18(21(29)25-20)15-10-23-16-5-2-6-24-27(15)16/h1-6,10-11,22H,7-9H2,(H,25,28,29). The molecule has 0 aliphatic carbocycles. The van der Waals surface area contributed by atoms with Gasteiger partial charge in [0, 0.05) is 43.0 Å². The maximum absolute atomic E-state index is 12.9. The third-order valence-electron chi connectivity index (χ3n) is 5.56. The van der Waals surface area contributed by atoms with Crippen LogP contribution in [0.25, 0.3) is 27.7 Å². The summed E-state index contributed by atoms with van der Waals surface area (Å²) in [4.78, 5) is 30.0. The first-order chi connectivity index (χ1) is 14.2. The van der Waals surface area contributed by atoms with Crippen molar-refractivity contribution in [3.05, 3.63) is 65.7 Å².